The van der Waals surface area contributed by atoms with Gasteiger partial charge in [-0.15, -0.1) is 0 Å². The van der Waals surface area contributed by atoms with Crippen LogP contribution in [0.25, 0.3) is 11.0 Å². The number of aromatic nitrogens is 3. The Morgan fingerprint density at radius 1 is 1.42 bits per heavy atom. The molecule has 102 valence electrons. The summed E-state index contributed by atoms with van der Waals surface area (Å²) < 4.78 is 3.84. The van der Waals surface area contributed by atoms with Crippen LogP contribution in [0.2, 0.25) is 0 Å². The van der Waals surface area contributed by atoms with E-state index in [-0.39, 0.29) is 18.7 Å². The standard InChI is InChI=1S/C11H16N4O2P2/c16-4-9-10(17)1-7(15(9)19)6-3-14(18)8-2-12-5-13-11(6)8/h2-3,5,7,9-10,16-17H,1,4,18-19H2/t7?,9?,10-/m0/s1. The van der Waals surface area contributed by atoms with E-state index < -0.39 is 6.10 Å². The van der Waals surface area contributed by atoms with Gasteiger partial charge in [-0.05, 0) is 15.8 Å². The first kappa shape index (κ1) is 13.3. The number of nitrogens with zero attached hydrogens (tertiary/aromatic N) is 4. The number of aliphatic hydroxyl groups is 2. The maximum absolute atomic E-state index is 10.0. The number of fused-ring (bicyclic) bond motifs is 1. The number of hydrogen-bond acceptors (Lipinski definition) is 5. The summed E-state index contributed by atoms with van der Waals surface area (Å²) in [4.78, 5) is 8.36. The summed E-state index contributed by atoms with van der Waals surface area (Å²) in [5.41, 5.74) is 2.86. The Bertz CT molecular complexity index is 605. The summed E-state index contributed by atoms with van der Waals surface area (Å²) in [6.45, 7) is -0.0599. The van der Waals surface area contributed by atoms with Crippen molar-refractivity contribution in [2.24, 2.45) is 0 Å². The van der Waals surface area contributed by atoms with Crippen LogP contribution in [0.15, 0.2) is 18.7 Å². The van der Waals surface area contributed by atoms with Crippen molar-refractivity contribution < 1.29 is 10.2 Å². The van der Waals surface area contributed by atoms with E-state index in [4.69, 9.17) is 0 Å². The molecular weight excluding hydrogens is 282 g/mol. The maximum atomic E-state index is 10.0. The molecule has 3 rings (SSSR count). The molecule has 0 bridgehead atoms. The van der Waals surface area contributed by atoms with Crippen LogP contribution in [-0.2, 0) is 0 Å². The molecule has 6 nitrogen and oxygen atoms in total. The van der Waals surface area contributed by atoms with Gasteiger partial charge in [-0.2, -0.15) is 0 Å². The molecule has 0 aromatic carbocycles. The first-order valence-corrected chi connectivity index (χ1v) is 7.04. The molecule has 0 saturated carbocycles. The predicted molar refractivity (Wildman–Crippen MR) is 78.4 cm³/mol. The predicted octanol–water partition coefficient (Wildman–Crippen LogP) is 0.328. The van der Waals surface area contributed by atoms with Crippen LogP contribution in [0, 0.1) is 0 Å². The van der Waals surface area contributed by atoms with Gasteiger partial charge in [0.25, 0.3) is 0 Å². The molecule has 4 unspecified atom stereocenters. The lowest BCUT2D eigenvalue weighted by Gasteiger charge is -2.23. The van der Waals surface area contributed by atoms with Gasteiger partial charge >= 0.3 is 0 Å². The van der Waals surface area contributed by atoms with E-state index in [0.29, 0.717) is 6.42 Å². The van der Waals surface area contributed by atoms with Crippen LogP contribution in [0.4, 0.5) is 0 Å². The fourth-order valence-corrected chi connectivity index (χ4v) is 3.62. The highest BCUT2D eigenvalue weighted by atomic mass is 31.0. The molecule has 2 N–H and O–H groups in total. The fourth-order valence-electron chi connectivity index (χ4n) is 2.70. The molecule has 2 aromatic rings. The van der Waals surface area contributed by atoms with Crippen molar-refractivity contribution in [3.8, 4) is 0 Å². The van der Waals surface area contributed by atoms with Crippen LogP contribution in [0.1, 0.15) is 18.0 Å². The van der Waals surface area contributed by atoms with Crippen molar-refractivity contribution in [2.45, 2.75) is 24.6 Å². The van der Waals surface area contributed by atoms with Crippen molar-refractivity contribution in [2.75, 3.05) is 6.61 Å². The minimum Gasteiger partial charge on any atom is -0.395 e. The summed E-state index contributed by atoms with van der Waals surface area (Å²) >= 11 is 0. The van der Waals surface area contributed by atoms with Gasteiger partial charge in [0, 0.05) is 17.8 Å². The second-order valence-corrected chi connectivity index (χ2v) is 5.92. The molecule has 1 aliphatic heterocycles. The number of rotatable bonds is 2. The molecule has 1 fully saturated rings. The zero-order valence-electron chi connectivity index (χ0n) is 10.2. The van der Waals surface area contributed by atoms with Gasteiger partial charge in [0.05, 0.1) is 36.0 Å². The van der Waals surface area contributed by atoms with Gasteiger partial charge in [-0.3, -0.25) is 4.67 Å². The molecule has 1 aliphatic rings. The Balaban J connectivity index is 2.06. The SMILES string of the molecule is OCC1[C@@H](O)CC(c2cn(P)c3cncnc23)N1P. The van der Waals surface area contributed by atoms with Crippen molar-refractivity contribution in [3.63, 3.8) is 0 Å². The van der Waals surface area contributed by atoms with Crippen molar-refractivity contribution in [3.05, 3.63) is 24.3 Å². The zero-order chi connectivity index (χ0) is 13.6. The third-order valence-electron chi connectivity index (χ3n) is 3.72. The molecule has 3 heterocycles. The van der Waals surface area contributed by atoms with Crippen molar-refractivity contribution >= 4 is 29.8 Å². The number of hydrogen-bond donors (Lipinski definition) is 2. The highest BCUT2D eigenvalue weighted by molar-refractivity contribution is 7.15. The van der Waals surface area contributed by atoms with Gasteiger partial charge in [0.1, 0.15) is 6.33 Å². The van der Waals surface area contributed by atoms with E-state index in [1.165, 1.54) is 6.33 Å². The van der Waals surface area contributed by atoms with Crippen LogP contribution in [0.5, 0.6) is 0 Å². The van der Waals surface area contributed by atoms with Gasteiger partial charge in [-0.25, -0.2) is 9.97 Å². The molecule has 5 atom stereocenters. The average molecular weight is 298 g/mol. The van der Waals surface area contributed by atoms with Gasteiger partial charge < -0.3 is 14.6 Å². The third kappa shape index (κ3) is 2.08. The molecule has 0 aliphatic carbocycles. The van der Waals surface area contributed by atoms with E-state index in [0.717, 1.165) is 16.6 Å². The highest BCUT2D eigenvalue weighted by Crippen LogP contribution is 2.41. The Morgan fingerprint density at radius 3 is 2.89 bits per heavy atom. The Morgan fingerprint density at radius 2 is 2.21 bits per heavy atom. The molecule has 8 heteroatoms. The first-order valence-electron chi connectivity index (χ1n) is 6.01. The topological polar surface area (TPSA) is 74.4 Å². The van der Waals surface area contributed by atoms with Gasteiger partial charge in [0.2, 0.25) is 0 Å². The smallest absolute Gasteiger partial charge is 0.116 e. The van der Waals surface area contributed by atoms with E-state index >= 15 is 0 Å². The Hall–Kier alpha value is -0.640. The van der Waals surface area contributed by atoms with Crippen LogP contribution >= 0.6 is 18.8 Å². The maximum Gasteiger partial charge on any atom is 0.116 e. The van der Waals surface area contributed by atoms with Crippen LogP contribution < -0.4 is 0 Å². The lowest BCUT2D eigenvalue weighted by atomic mass is 10.1. The van der Waals surface area contributed by atoms with Crippen LogP contribution in [0.3, 0.4) is 0 Å². The molecule has 0 spiro atoms. The third-order valence-corrected chi connectivity index (χ3v) is 4.89. The van der Waals surface area contributed by atoms with E-state index in [9.17, 15) is 10.2 Å². The van der Waals surface area contributed by atoms with Crippen molar-refractivity contribution in [1.82, 2.24) is 19.0 Å². The lowest BCUT2D eigenvalue weighted by Crippen LogP contribution is -2.32. The minimum absolute atomic E-state index is 0.0244. The molecular formula is C11H16N4O2P2. The summed E-state index contributed by atoms with van der Waals surface area (Å²) in [5.74, 6) is 0. The second-order valence-electron chi connectivity index (χ2n) is 4.76. The summed E-state index contributed by atoms with van der Waals surface area (Å²) in [5, 5.41) is 19.4. The van der Waals surface area contributed by atoms with E-state index in [2.05, 4.69) is 28.7 Å². The summed E-state index contributed by atoms with van der Waals surface area (Å²) in [6.07, 6.45) is 5.33. The molecule has 0 amide bonds. The monoisotopic (exact) mass is 298 g/mol. The van der Waals surface area contributed by atoms with E-state index in [1.54, 1.807) is 6.20 Å². The van der Waals surface area contributed by atoms with Gasteiger partial charge in [0.15, 0.2) is 0 Å². The van der Waals surface area contributed by atoms with Crippen molar-refractivity contribution in [1.29, 1.82) is 0 Å². The quantitative estimate of drug-likeness (QED) is 0.782. The molecule has 19 heavy (non-hydrogen) atoms. The highest BCUT2D eigenvalue weighted by Gasteiger charge is 2.39. The second kappa shape index (κ2) is 5.04. The average Bonchev–Trinajstić information content (AvgIpc) is 2.88. The lowest BCUT2D eigenvalue weighted by molar-refractivity contribution is 0.101. The van der Waals surface area contributed by atoms with Gasteiger partial charge in [-0.1, -0.05) is 9.39 Å². The van der Waals surface area contributed by atoms with E-state index in [1.807, 2.05) is 15.2 Å². The fraction of sp³-hybridized carbons (Fsp3) is 0.455. The zero-order valence-corrected chi connectivity index (χ0v) is 12.5. The molecule has 0 radical (unpaired) electrons. The largest absolute Gasteiger partial charge is 0.395 e. The normalized spacial score (nSPS) is 28.3. The summed E-state index contributed by atoms with van der Waals surface area (Å²) in [6, 6.07) is -0.226. The number of aliphatic hydroxyl groups excluding tert-OH is 2. The Kier molecular flexibility index (Phi) is 3.54. The van der Waals surface area contributed by atoms with Crippen LogP contribution in [-0.4, -0.2) is 47.9 Å². The molecule has 2 aromatic heterocycles. The molecule has 1 saturated heterocycles. The first-order chi connectivity index (χ1) is 9.13. The minimum atomic E-state index is -0.530. The summed E-state index contributed by atoms with van der Waals surface area (Å²) in [7, 11) is 5.22. The Labute approximate surface area is 115 Å².